The Balaban J connectivity index is 1.47. The Morgan fingerprint density at radius 3 is 2.33 bits per heavy atom. The van der Waals surface area contributed by atoms with Crippen LogP contribution in [0.4, 0.5) is 10.8 Å². The van der Waals surface area contributed by atoms with Gasteiger partial charge in [0.05, 0.1) is 18.1 Å². The number of rotatable bonds is 9. The largest absolute Gasteiger partial charge is 0.494 e. The van der Waals surface area contributed by atoms with Crippen LogP contribution in [0.15, 0.2) is 58.8 Å². The molecule has 0 unspecified atom stereocenters. The summed E-state index contributed by atoms with van der Waals surface area (Å²) >= 11 is 2.83. The molecular weight excluding hydrogens is 454 g/mol. The minimum atomic E-state index is -0.116. The highest BCUT2D eigenvalue weighted by Crippen LogP contribution is 2.27. The number of carbonyl (C=O) groups excluding carboxylic acids is 2. The first-order chi connectivity index (χ1) is 15.7. The smallest absolute Gasteiger partial charge is 0.236 e. The second-order valence-electron chi connectivity index (χ2n) is 8.64. The molecule has 3 aromatic rings. The van der Waals surface area contributed by atoms with E-state index in [0.717, 1.165) is 27.6 Å². The summed E-state index contributed by atoms with van der Waals surface area (Å²) in [7, 11) is 0. The lowest BCUT2D eigenvalue weighted by Gasteiger charge is -2.17. The van der Waals surface area contributed by atoms with Gasteiger partial charge < -0.3 is 15.4 Å². The van der Waals surface area contributed by atoms with Crippen molar-refractivity contribution >= 4 is 45.7 Å². The van der Waals surface area contributed by atoms with Crippen LogP contribution in [0.1, 0.15) is 34.1 Å². The zero-order chi connectivity index (χ0) is 23.8. The number of hydrogen-bond acceptors (Lipinski definition) is 6. The van der Waals surface area contributed by atoms with Gasteiger partial charge in [-0.1, -0.05) is 20.8 Å². The zero-order valence-corrected chi connectivity index (χ0v) is 20.9. The first-order valence-corrected chi connectivity index (χ1v) is 12.6. The molecule has 0 spiro atoms. The van der Waals surface area contributed by atoms with Crippen LogP contribution >= 0.6 is 23.1 Å². The molecule has 6 nitrogen and oxygen atoms in total. The molecule has 0 aliphatic carbocycles. The molecule has 33 heavy (non-hydrogen) atoms. The first-order valence-electron chi connectivity index (χ1n) is 10.7. The Bertz CT molecular complexity index is 1070. The predicted molar refractivity (Wildman–Crippen MR) is 137 cm³/mol. The summed E-state index contributed by atoms with van der Waals surface area (Å²) in [4.78, 5) is 29.9. The molecule has 2 aromatic carbocycles. The maximum atomic E-state index is 12.4. The highest BCUT2D eigenvalue weighted by Gasteiger charge is 2.16. The van der Waals surface area contributed by atoms with E-state index in [1.165, 1.54) is 23.1 Å². The molecule has 0 saturated carbocycles. The van der Waals surface area contributed by atoms with Gasteiger partial charge >= 0.3 is 0 Å². The Labute approximate surface area is 203 Å². The van der Waals surface area contributed by atoms with Crippen LogP contribution in [0.2, 0.25) is 0 Å². The lowest BCUT2D eigenvalue weighted by Crippen LogP contribution is -2.19. The predicted octanol–water partition coefficient (Wildman–Crippen LogP) is 6.31. The topological polar surface area (TPSA) is 80.3 Å². The molecule has 0 radical (unpaired) electrons. The summed E-state index contributed by atoms with van der Waals surface area (Å²) in [5, 5.41) is 8.26. The molecule has 3 rings (SSSR count). The average Bonchev–Trinajstić information content (AvgIpc) is 3.21. The van der Waals surface area contributed by atoms with E-state index >= 15 is 0 Å². The van der Waals surface area contributed by atoms with E-state index in [9.17, 15) is 9.59 Å². The summed E-state index contributed by atoms with van der Waals surface area (Å²) < 4.78 is 5.46. The Kier molecular flexibility index (Phi) is 8.52. The summed E-state index contributed by atoms with van der Waals surface area (Å²) in [5.74, 6) is 0.973. The number of aromatic nitrogens is 1. The Morgan fingerprint density at radius 2 is 1.70 bits per heavy atom. The van der Waals surface area contributed by atoms with Crippen molar-refractivity contribution < 1.29 is 14.3 Å². The van der Waals surface area contributed by atoms with Gasteiger partial charge in [-0.05, 0) is 60.9 Å². The first kappa shape index (κ1) is 24.8. The normalized spacial score (nSPS) is 11.2. The van der Waals surface area contributed by atoms with Crippen LogP contribution in [-0.4, -0.2) is 29.2 Å². The Hall–Kier alpha value is -2.84. The minimum absolute atomic E-state index is 0.00432. The number of thiazole rings is 1. The zero-order valence-electron chi connectivity index (χ0n) is 19.3. The Morgan fingerprint density at radius 1 is 1.00 bits per heavy atom. The van der Waals surface area contributed by atoms with E-state index in [2.05, 4.69) is 15.6 Å². The second-order valence-corrected chi connectivity index (χ2v) is 10.5. The lowest BCUT2D eigenvalue weighted by molar-refractivity contribution is -0.118. The number of nitrogens with zero attached hydrogens (tertiary/aromatic N) is 1. The van der Waals surface area contributed by atoms with Crippen molar-refractivity contribution in [2.75, 3.05) is 23.0 Å². The standard InChI is InChI=1S/C25H29N3O3S2/c1-5-31-19-10-6-17(7-11-19)21-15-33-24(27-21)28-23(30)16-32-20-12-8-18(9-13-20)26-22(29)14-25(2,3)4/h6-13,15H,5,14,16H2,1-4H3,(H,26,29)(H,27,28,30). The van der Waals surface area contributed by atoms with Crippen LogP contribution in [0.25, 0.3) is 11.3 Å². The molecule has 2 amide bonds. The number of amides is 2. The quantitative estimate of drug-likeness (QED) is 0.348. The lowest BCUT2D eigenvalue weighted by atomic mass is 9.92. The van der Waals surface area contributed by atoms with E-state index in [-0.39, 0.29) is 23.0 Å². The number of carbonyl (C=O) groups is 2. The fourth-order valence-corrected chi connectivity index (χ4v) is 4.41. The van der Waals surface area contributed by atoms with Crippen molar-refractivity contribution in [2.24, 2.45) is 5.41 Å². The van der Waals surface area contributed by atoms with E-state index in [4.69, 9.17) is 4.74 Å². The number of nitrogens with one attached hydrogen (secondary N) is 2. The van der Waals surface area contributed by atoms with Crippen molar-refractivity contribution in [2.45, 2.75) is 39.0 Å². The van der Waals surface area contributed by atoms with Crippen molar-refractivity contribution in [3.05, 3.63) is 53.9 Å². The second kappa shape index (κ2) is 11.3. The number of hydrogen-bond donors (Lipinski definition) is 2. The molecular formula is C25H29N3O3S2. The maximum absolute atomic E-state index is 12.4. The van der Waals surface area contributed by atoms with Crippen molar-refractivity contribution in [3.63, 3.8) is 0 Å². The van der Waals surface area contributed by atoms with Gasteiger partial charge in [0.15, 0.2) is 5.13 Å². The fourth-order valence-electron chi connectivity index (χ4n) is 2.98. The van der Waals surface area contributed by atoms with Gasteiger partial charge in [-0.15, -0.1) is 23.1 Å². The molecule has 0 aliphatic heterocycles. The number of ether oxygens (including phenoxy) is 1. The molecule has 1 aromatic heterocycles. The number of thioether (sulfide) groups is 1. The third kappa shape index (κ3) is 8.22. The third-order valence-corrected chi connectivity index (χ3v) is 6.18. The van der Waals surface area contributed by atoms with Crippen molar-refractivity contribution in [1.29, 1.82) is 0 Å². The summed E-state index contributed by atoms with van der Waals surface area (Å²) in [6.45, 7) is 8.67. The third-order valence-electron chi connectivity index (χ3n) is 4.41. The molecule has 1 heterocycles. The molecule has 0 fully saturated rings. The van der Waals surface area contributed by atoms with Gasteiger partial charge in [0.1, 0.15) is 5.75 Å². The van der Waals surface area contributed by atoms with Crippen LogP contribution < -0.4 is 15.4 Å². The van der Waals surface area contributed by atoms with Crippen LogP contribution in [0.5, 0.6) is 5.75 Å². The van der Waals surface area contributed by atoms with Crippen molar-refractivity contribution in [1.82, 2.24) is 4.98 Å². The molecule has 174 valence electrons. The number of anilines is 2. The van der Waals surface area contributed by atoms with Crippen LogP contribution in [0.3, 0.4) is 0 Å². The van der Waals surface area contributed by atoms with Gasteiger partial charge in [0, 0.05) is 27.9 Å². The van der Waals surface area contributed by atoms with Gasteiger partial charge in [0.2, 0.25) is 11.8 Å². The summed E-state index contributed by atoms with van der Waals surface area (Å²) in [6.07, 6.45) is 0.459. The number of benzene rings is 2. The minimum Gasteiger partial charge on any atom is -0.494 e. The van der Waals surface area contributed by atoms with Gasteiger partial charge in [-0.25, -0.2) is 4.98 Å². The summed E-state index contributed by atoms with van der Waals surface area (Å²) in [5.41, 5.74) is 2.48. The highest BCUT2D eigenvalue weighted by molar-refractivity contribution is 8.00. The van der Waals surface area contributed by atoms with Crippen LogP contribution in [0, 0.1) is 5.41 Å². The molecule has 0 atom stereocenters. The van der Waals surface area contributed by atoms with Gasteiger partial charge in [-0.2, -0.15) is 0 Å². The molecule has 2 N–H and O–H groups in total. The fraction of sp³-hybridized carbons (Fsp3) is 0.320. The van der Waals surface area contributed by atoms with Crippen molar-refractivity contribution in [3.8, 4) is 17.0 Å². The molecule has 0 aliphatic rings. The monoisotopic (exact) mass is 483 g/mol. The summed E-state index contributed by atoms with van der Waals surface area (Å²) in [6, 6.07) is 15.2. The van der Waals surface area contributed by atoms with E-state index < -0.39 is 0 Å². The van der Waals surface area contributed by atoms with E-state index in [0.29, 0.717) is 18.2 Å². The van der Waals surface area contributed by atoms with E-state index in [1.54, 1.807) is 0 Å². The maximum Gasteiger partial charge on any atom is 0.236 e. The van der Waals surface area contributed by atoms with E-state index in [1.807, 2.05) is 81.6 Å². The average molecular weight is 484 g/mol. The molecule has 0 saturated heterocycles. The molecule has 0 bridgehead atoms. The SMILES string of the molecule is CCOc1ccc(-c2csc(NC(=O)CSc3ccc(NC(=O)CC(C)(C)C)cc3)n2)cc1. The van der Waals surface area contributed by atoms with Gasteiger partial charge in [0.25, 0.3) is 0 Å². The van der Waals surface area contributed by atoms with Crippen LogP contribution in [-0.2, 0) is 9.59 Å². The van der Waals surface area contributed by atoms with Gasteiger partial charge in [-0.3, -0.25) is 9.59 Å². The highest BCUT2D eigenvalue weighted by atomic mass is 32.2. The molecule has 8 heteroatoms.